The lowest BCUT2D eigenvalue weighted by atomic mass is 9.93. The van der Waals surface area contributed by atoms with Gasteiger partial charge in [0, 0.05) is 44.8 Å². The molecule has 3 nitrogen and oxygen atoms in total. The number of fused-ring (bicyclic) bond motifs is 3. The lowest BCUT2D eigenvalue weighted by Gasteiger charge is -2.49. The minimum Gasteiger partial charge on any atom is -0.326 e. The van der Waals surface area contributed by atoms with E-state index in [1.165, 1.54) is 24.7 Å². The smallest absolute Gasteiger partial charge is 0.123 e. The molecule has 2 N–H and O–H groups in total. The zero-order valence-corrected chi connectivity index (χ0v) is 11.5. The Hall–Kier alpha value is -0.970. The molecular formula is C15H22FN3. The van der Waals surface area contributed by atoms with Gasteiger partial charge in [-0.1, -0.05) is 6.07 Å². The van der Waals surface area contributed by atoms with Crippen molar-refractivity contribution in [1.82, 2.24) is 9.80 Å². The first kappa shape index (κ1) is 13.0. The van der Waals surface area contributed by atoms with E-state index in [2.05, 4.69) is 9.80 Å². The van der Waals surface area contributed by atoms with Gasteiger partial charge < -0.3 is 5.73 Å². The number of rotatable bonds is 3. The fourth-order valence-corrected chi connectivity index (χ4v) is 3.34. The van der Waals surface area contributed by atoms with Crippen molar-refractivity contribution in [1.29, 1.82) is 0 Å². The third-order valence-corrected chi connectivity index (χ3v) is 4.58. The highest BCUT2D eigenvalue weighted by molar-refractivity contribution is 5.27. The first-order chi connectivity index (χ1) is 9.13. The third kappa shape index (κ3) is 2.66. The van der Waals surface area contributed by atoms with Crippen molar-refractivity contribution in [3.8, 4) is 0 Å². The highest BCUT2D eigenvalue weighted by Gasteiger charge is 2.35. The summed E-state index contributed by atoms with van der Waals surface area (Å²) in [7, 11) is 0. The van der Waals surface area contributed by atoms with E-state index in [0.717, 1.165) is 31.6 Å². The van der Waals surface area contributed by atoms with Gasteiger partial charge >= 0.3 is 0 Å². The fourth-order valence-electron chi connectivity index (χ4n) is 3.34. The van der Waals surface area contributed by atoms with E-state index < -0.39 is 0 Å². The third-order valence-electron chi connectivity index (χ3n) is 4.58. The summed E-state index contributed by atoms with van der Waals surface area (Å²) < 4.78 is 13.1. The molecule has 1 aromatic rings. The van der Waals surface area contributed by atoms with Gasteiger partial charge in [0.05, 0.1) is 0 Å². The maximum atomic E-state index is 13.1. The first-order valence-electron chi connectivity index (χ1n) is 7.10. The Balaban J connectivity index is 1.69. The highest BCUT2D eigenvalue weighted by Crippen LogP contribution is 2.20. The van der Waals surface area contributed by atoms with Crippen molar-refractivity contribution >= 4 is 0 Å². The summed E-state index contributed by atoms with van der Waals surface area (Å²) in [5.74, 6) is -0.165. The van der Waals surface area contributed by atoms with Crippen LogP contribution in [0.25, 0.3) is 0 Å². The largest absolute Gasteiger partial charge is 0.326 e. The van der Waals surface area contributed by atoms with E-state index in [1.54, 1.807) is 6.07 Å². The SMILES string of the molecule is Cc1cc(F)ccc1CC(N)C1CN2CCN1CC2. The molecule has 19 heavy (non-hydrogen) atoms. The average molecular weight is 263 g/mol. The van der Waals surface area contributed by atoms with E-state index in [4.69, 9.17) is 5.73 Å². The number of nitrogens with two attached hydrogens (primary N) is 1. The van der Waals surface area contributed by atoms with Crippen molar-refractivity contribution in [3.63, 3.8) is 0 Å². The molecule has 0 aliphatic carbocycles. The van der Waals surface area contributed by atoms with Crippen LogP contribution in [0.5, 0.6) is 0 Å². The molecule has 2 unspecified atom stereocenters. The van der Waals surface area contributed by atoms with Crippen LogP contribution in [0.3, 0.4) is 0 Å². The second-order valence-corrected chi connectivity index (χ2v) is 5.84. The fraction of sp³-hybridized carbons (Fsp3) is 0.600. The summed E-state index contributed by atoms with van der Waals surface area (Å²) in [6.07, 6.45) is 0.834. The van der Waals surface area contributed by atoms with E-state index in [0.29, 0.717) is 6.04 Å². The van der Waals surface area contributed by atoms with Gasteiger partial charge in [-0.05, 0) is 36.6 Å². The Morgan fingerprint density at radius 1 is 1.32 bits per heavy atom. The molecule has 3 aliphatic heterocycles. The predicted octanol–water partition coefficient (Wildman–Crippen LogP) is 1.00. The zero-order valence-electron chi connectivity index (χ0n) is 11.5. The normalized spacial score (nSPS) is 31.4. The van der Waals surface area contributed by atoms with Crippen LogP contribution in [0.4, 0.5) is 4.39 Å². The van der Waals surface area contributed by atoms with E-state index >= 15 is 0 Å². The topological polar surface area (TPSA) is 32.5 Å². The van der Waals surface area contributed by atoms with Gasteiger partial charge in [-0.2, -0.15) is 0 Å². The lowest BCUT2D eigenvalue weighted by molar-refractivity contribution is 0.00257. The Morgan fingerprint density at radius 3 is 2.63 bits per heavy atom. The van der Waals surface area contributed by atoms with Crippen molar-refractivity contribution in [3.05, 3.63) is 35.1 Å². The molecular weight excluding hydrogens is 241 g/mol. The molecule has 0 aromatic heterocycles. The number of hydrogen-bond acceptors (Lipinski definition) is 3. The number of halogens is 1. The van der Waals surface area contributed by atoms with Crippen molar-refractivity contribution in [2.75, 3.05) is 32.7 Å². The maximum Gasteiger partial charge on any atom is 0.123 e. The maximum absolute atomic E-state index is 13.1. The number of hydrogen-bond donors (Lipinski definition) is 1. The number of piperazine rings is 3. The standard InChI is InChI=1S/C15H22FN3/c1-11-8-13(16)3-2-12(11)9-14(17)15-10-18-4-6-19(15)7-5-18/h2-3,8,14-15H,4-7,9-10,17H2,1H3. The Kier molecular flexibility index (Phi) is 3.56. The van der Waals surface area contributed by atoms with Crippen molar-refractivity contribution in [2.45, 2.75) is 25.4 Å². The summed E-state index contributed by atoms with van der Waals surface area (Å²) in [4.78, 5) is 5.02. The average Bonchev–Trinajstić information content (AvgIpc) is 2.43. The molecule has 104 valence electrons. The first-order valence-corrected chi connectivity index (χ1v) is 7.10. The molecule has 3 fully saturated rings. The second-order valence-electron chi connectivity index (χ2n) is 5.84. The number of aryl methyl sites for hydroxylation is 1. The van der Waals surface area contributed by atoms with Crippen LogP contribution in [0.15, 0.2) is 18.2 Å². The zero-order chi connectivity index (χ0) is 13.4. The van der Waals surface area contributed by atoms with Crippen LogP contribution < -0.4 is 5.73 Å². The molecule has 3 aliphatic rings. The second kappa shape index (κ2) is 5.19. The molecule has 2 bridgehead atoms. The van der Waals surface area contributed by atoms with Gasteiger partial charge in [0.15, 0.2) is 0 Å². The lowest BCUT2D eigenvalue weighted by Crippen LogP contribution is -2.66. The molecule has 0 saturated carbocycles. The molecule has 3 saturated heterocycles. The Morgan fingerprint density at radius 2 is 2.05 bits per heavy atom. The van der Waals surface area contributed by atoms with Gasteiger partial charge in [0.25, 0.3) is 0 Å². The van der Waals surface area contributed by atoms with E-state index in [-0.39, 0.29) is 11.9 Å². The molecule has 0 amide bonds. The van der Waals surface area contributed by atoms with Crippen LogP contribution in [-0.2, 0) is 6.42 Å². The van der Waals surface area contributed by atoms with Gasteiger partial charge in [0.2, 0.25) is 0 Å². The molecule has 0 spiro atoms. The molecule has 2 atom stereocenters. The predicted molar refractivity (Wildman–Crippen MR) is 74.6 cm³/mol. The highest BCUT2D eigenvalue weighted by atomic mass is 19.1. The summed E-state index contributed by atoms with van der Waals surface area (Å²) >= 11 is 0. The van der Waals surface area contributed by atoms with Gasteiger partial charge in [-0.25, -0.2) is 4.39 Å². The summed E-state index contributed by atoms with van der Waals surface area (Å²) in [6, 6.07) is 5.59. The summed E-state index contributed by atoms with van der Waals surface area (Å²) in [5, 5.41) is 0. The van der Waals surface area contributed by atoms with Gasteiger partial charge in [-0.3, -0.25) is 9.80 Å². The van der Waals surface area contributed by atoms with Gasteiger partial charge in [0.1, 0.15) is 5.82 Å². The monoisotopic (exact) mass is 263 g/mol. The molecule has 4 heteroatoms. The van der Waals surface area contributed by atoms with Gasteiger partial charge in [-0.15, -0.1) is 0 Å². The quantitative estimate of drug-likeness (QED) is 0.883. The minimum absolute atomic E-state index is 0.132. The molecule has 1 aromatic carbocycles. The Bertz CT molecular complexity index is 455. The molecule has 4 rings (SSSR count). The summed E-state index contributed by atoms with van der Waals surface area (Å²) in [6.45, 7) is 7.68. The van der Waals surface area contributed by atoms with Crippen LogP contribution in [0.2, 0.25) is 0 Å². The Labute approximate surface area is 114 Å². The molecule has 0 radical (unpaired) electrons. The van der Waals surface area contributed by atoms with E-state index in [9.17, 15) is 4.39 Å². The van der Waals surface area contributed by atoms with Crippen molar-refractivity contribution in [2.24, 2.45) is 5.73 Å². The minimum atomic E-state index is -0.165. The van der Waals surface area contributed by atoms with E-state index in [1.807, 2.05) is 13.0 Å². The van der Waals surface area contributed by atoms with Crippen LogP contribution >= 0.6 is 0 Å². The number of benzene rings is 1. The molecule has 3 heterocycles. The van der Waals surface area contributed by atoms with Crippen molar-refractivity contribution < 1.29 is 4.39 Å². The van der Waals surface area contributed by atoms with Crippen LogP contribution in [-0.4, -0.2) is 54.6 Å². The summed E-state index contributed by atoms with van der Waals surface area (Å²) in [5.41, 5.74) is 8.59. The van der Waals surface area contributed by atoms with Crippen LogP contribution in [0.1, 0.15) is 11.1 Å². The van der Waals surface area contributed by atoms with Crippen LogP contribution in [0, 0.1) is 12.7 Å². The number of nitrogens with zero attached hydrogens (tertiary/aromatic N) is 2.